The molecule has 3 aromatic rings. The molecule has 9 nitrogen and oxygen atoms in total. The summed E-state index contributed by atoms with van der Waals surface area (Å²) in [5.41, 5.74) is 1.96. The third-order valence-electron chi connectivity index (χ3n) is 7.05. The number of carbonyl (C=O) groups is 1. The van der Waals surface area contributed by atoms with E-state index in [4.69, 9.17) is 14.5 Å². The Hall–Kier alpha value is -3.11. The lowest BCUT2D eigenvalue weighted by molar-refractivity contribution is -0.135. The second-order valence-electron chi connectivity index (χ2n) is 9.03. The number of amides is 1. The fraction of sp³-hybridized carbons (Fsp3) is 0.440. The number of ether oxygens (including phenoxy) is 2. The van der Waals surface area contributed by atoms with Crippen molar-refractivity contribution in [3.63, 3.8) is 0 Å². The van der Waals surface area contributed by atoms with Crippen molar-refractivity contribution in [1.29, 1.82) is 0 Å². The van der Waals surface area contributed by atoms with Gasteiger partial charge in [-0.15, -0.1) is 0 Å². The van der Waals surface area contributed by atoms with Gasteiger partial charge in [-0.25, -0.2) is 13.4 Å². The van der Waals surface area contributed by atoms with Gasteiger partial charge >= 0.3 is 0 Å². The highest BCUT2D eigenvalue weighted by Gasteiger charge is 2.42. The summed E-state index contributed by atoms with van der Waals surface area (Å²) in [6.07, 6.45) is 2.76. The summed E-state index contributed by atoms with van der Waals surface area (Å²) in [5, 5.41) is 0. The number of aromatic amines is 1. The Morgan fingerprint density at radius 2 is 1.74 bits per heavy atom. The molecule has 1 atom stereocenters. The molecular weight excluding hydrogens is 468 g/mol. The summed E-state index contributed by atoms with van der Waals surface area (Å²) in [5.74, 6) is 1.88. The van der Waals surface area contributed by atoms with Gasteiger partial charge in [0.25, 0.3) is 0 Å². The molecule has 186 valence electrons. The van der Waals surface area contributed by atoms with Gasteiger partial charge in [-0.3, -0.25) is 4.79 Å². The van der Waals surface area contributed by atoms with Crippen LogP contribution in [0.4, 0.5) is 0 Å². The van der Waals surface area contributed by atoms with E-state index < -0.39 is 16.1 Å². The molecule has 0 spiro atoms. The van der Waals surface area contributed by atoms with Gasteiger partial charge in [0.15, 0.2) is 11.5 Å². The number of aromatic nitrogens is 2. The Morgan fingerprint density at radius 3 is 2.46 bits per heavy atom. The predicted octanol–water partition coefficient (Wildman–Crippen LogP) is 3.14. The van der Waals surface area contributed by atoms with E-state index in [1.165, 1.54) is 30.7 Å². The maximum atomic E-state index is 13.5. The van der Waals surface area contributed by atoms with Crippen LogP contribution in [0.15, 0.2) is 47.4 Å². The minimum Gasteiger partial charge on any atom is -0.493 e. The molecule has 2 aliphatic rings. The lowest BCUT2D eigenvalue weighted by atomic mass is 9.95. The Labute approximate surface area is 205 Å². The van der Waals surface area contributed by atoms with Crippen molar-refractivity contribution >= 4 is 27.0 Å². The summed E-state index contributed by atoms with van der Waals surface area (Å²) in [4.78, 5) is 23.5. The van der Waals surface area contributed by atoms with Crippen LogP contribution in [0.25, 0.3) is 11.0 Å². The number of methoxy groups -OCH3 is 2. The third kappa shape index (κ3) is 4.36. The van der Waals surface area contributed by atoms with Crippen molar-refractivity contribution in [2.75, 3.05) is 33.9 Å². The lowest BCUT2D eigenvalue weighted by Gasteiger charge is -2.34. The van der Waals surface area contributed by atoms with E-state index in [1.807, 2.05) is 29.2 Å². The molecule has 2 fully saturated rings. The van der Waals surface area contributed by atoms with Gasteiger partial charge in [0.1, 0.15) is 11.9 Å². The average molecular weight is 499 g/mol. The topological polar surface area (TPSA) is 105 Å². The molecule has 1 N–H and O–H groups in total. The van der Waals surface area contributed by atoms with Crippen molar-refractivity contribution in [2.24, 2.45) is 0 Å². The van der Waals surface area contributed by atoms with Gasteiger partial charge in [0, 0.05) is 31.6 Å². The minimum atomic E-state index is -3.86. The number of H-pyrrole nitrogens is 1. The second-order valence-corrected chi connectivity index (χ2v) is 10.9. The number of para-hydroxylation sites is 2. The molecule has 10 heteroatoms. The fourth-order valence-electron chi connectivity index (χ4n) is 5.14. The smallest absolute Gasteiger partial charge is 0.243 e. The standard InChI is InChI=1S/C25H30N4O5S/c1-33-22-10-9-18(16-23(22)34-2)35(31,32)29-13-5-8-21(29)25(30)28-14-11-17(12-15-28)24-26-19-6-3-4-7-20(19)27-24/h3-4,6-7,9-10,16-17,21H,5,8,11-15H2,1-2H3,(H,26,27). The van der Waals surface area contributed by atoms with E-state index in [1.54, 1.807) is 6.07 Å². The summed E-state index contributed by atoms with van der Waals surface area (Å²) in [6, 6.07) is 11.8. The second kappa shape index (κ2) is 9.50. The SMILES string of the molecule is COc1ccc(S(=O)(=O)N2CCCC2C(=O)N2CCC(c3nc4ccccc4[nH]3)CC2)cc1OC. The number of rotatable bonds is 6. The molecule has 1 aromatic heterocycles. The average Bonchev–Trinajstić information content (AvgIpc) is 3.56. The van der Waals surface area contributed by atoms with Crippen LogP contribution in [0.1, 0.15) is 37.4 Å². The number of nitrogens with one attached hydrogen (secondary N) is 1. The zero-order chi connectivity index (χ0) is 24.6. The first-order valence-electron chi connectivity index (χ1n) is 11.9. The fourth-order valence-corrected chi connectivity index (χ4v) is 6.80. The zero-order valence-electron chi connectivity index (χ0n) is 19.9. The van der Waals surface area contributed by atoms with E-state index in [9.17, 15) is 13.2 Å². The maximum Gasteiger partial charge on any atom is 0.243 e. The first-order valence-corrected chi connectivity index (χ1v) is 13.3. The molecule has 35 heavy (non-hydrogen) atoms. The summed E-state index contributed by atoms with van der Waals surface area (Å²) in [6.45, 7) is 1.49. The van der Waals surface area contributed by atoms with E-state index in [-0.39, 0.29) is 16.7 Å². The molecule has 2 aromatic carbocycles. The van der Waals surface area contributed by atoms with Gasteiger partial charge in [0.05, 0.1) is 30.1 Å². The Kier molecular flexibility index (Phi) is 6.41. The molecule has 2 saturated heterocycles. The van der Waals surface area contributed by atoms with Crippen molar-refractivity contribution < 1.29 is 22.7 Å². The first kappa shape index (κ1) is 23.6. The van der Waals surface area contributed by atoms with Gasteiger partial charge in [-0.2, -0.15) is 4.31 Å². The largest absolute Gasteiger partial charge is 0.493 e. The summed E-state index contributed by atoms with van der Waals surface area (Å²) in [7, 11) is -0.900. The quantitative estimate of drug-likeness (QED) is 0.560. The first-order chi connectivity index (χ1) is 16.9. The number of hydrogen-bond acceptors (Lipinski definition) is 6. The molecule has 0 bridgehead atoms. The minimum absolute atomic E-state index is 0.0958. The molecule has 0 saturated carbocycles. The van der Waals surface area contributed by atoms with Crippen molar-refractivity contribution in [2.45, 2.75) is 42.5 Å². The third-order valence-corrected chi connectivity index (χ3v) is 8.96. The van der Waals surface area contributed by atoms with Crippen LogP contribution in [0, 0.1) is 0 Å². The summed E-state index contributed by atoms with van der Waals surface area (Å²) >= 11 is 0. The van der Waals surface area contributed by atoms with Crippen molar-refractivity contribution in [1.82, 2.24) is 19.2 Å². The zero-order valence-corrected chi connectivity index (χ0v) is 20.8. The summed E-state index contributed by atoms with van der Waals surface area (Å²) < 4.78 is 38.8. The number of hydrogen-bond donors (Lipinski definition) is 1. The molecule has 1 amide bonds. The van der Waals surface area contributed by atoms with Crippen LogP contribution in [-0.4, -0.2) is 73.4 Å². The number of carbonyl (C=O) groups excluding carboxylic acids is 1. The number of piperidine rings is 1. The van der Waals surface area contributed by atoms with Crippen LogP contribution in [0.3, 0.4) is 0 Å². The Morgan fingerprint density at radius 1 is 1.00 bits per heavy atom. The normalized spacial score (nSPS) is 19.8. The maximum absolute atomic E-state index is 13.5. The Balaban J connectivity index is 1.29. The predicted molar refractivity (Wildman–Crippen MR) is 131 cm³/mol. The van der Waals surface area contributed by atoms with Crippen molar-refractivity contribution in [3.8, 4) is 11.5 Å². The highest BCUT2D eigenvalue weighted by atomic mass is 32.2. The highest BCUT2D eigenvalue weighted by Crippen LogP contribution is 2.34. The van der Waals surface area contributed by atoms with E-state index >= 15 is 0 Å². The van der Waals surface area contributed by atoms with Gasteiger partial charge in [0.2, 0.25) is 15.9 Å². The van der Waals surface area contributed by atoms with Gasteiger partial charge < -0.3 is 19.4 Å². The molecule has 3 heterocycles. The van der Waals surface area contributed by atoms with Crippen LogP contribution in [0.5, 0.6) is 11.5 Å². The lowest BCUT2D eigenvalue weighted by Crippen LogP contribution is -2.49. The highest BCUT2D eigenvalue weighted by molar-refractivity contribution is 7.89. The van der Waals surface area contributed by atoms with Crippen LogP contribution in [0.2, 0.25) is 0 Å². The van der Waals surface area contributed by atoms with Crippen LogP contribution >= 0.6 is 0 Å². The number of fused-ring (bicyclic) bond motifs is 1. The van der Waals surface area contributed by atoms with Gasteiger partial charge in [-0.05, 0) is 49.9 Å². The van der Waals surface area contributed by atoms with E-state index in [0.717, 1.165) is 29.7 Å². The molecule has 1 unspecified atom stereocenters. The van der Waals surface area contributed by atoms with E-state index in [2.05, 4.69) is 4.98 Å². The molecule has 0 aliphatic carbocycles. The number of likely N-dealkylation sites (tertiary alicyclic amines) is 1. The van der Waals surface area contributed by atoms with Gasteiger partial charge in [-0.1, -0.05) is 12.1 Å². The molecular formula is C25H30N4O5S. The molecule has 5 rings (SSSR count). The monoisotopic (exact) mass is 498 g/mol. The number of sulfonamides is 1. The van der Waals surface area contributed by atoms with Crippen LogP contribution < -0.4 is 9.47 Å². The Bertz CT molecular complexity index is 1300. The molecule has 2 aliphatic heterocycles. The van der Waals surface area contributed by atoms with Crippen LogP contribution in [-0.2, 0) is 14.8 Å². The van der Waals surface area contributed by atoms with E-state index in [0.29, 0.717) is 44.0 Å². The number of imidazole rings is 1. The number of nitrogens with zero attached hydrogens (tertiary/aromatic N) is 3. The van der Waals surface area contributed by atoms with Crippen molar-refractivity contribution in [3.05, 3.63) is 48.3 Å². The molecule has 0 radical (unpaired) electrons. The number of benzene rings is 2.